The molecule has 1 heterocycles. The average Bonchev–Trinajstić information content (AvgIpc) is 2.72. The highest BCUT2D eigenvalue weighted by molar-refractivity contribution is 14.0. The zero-order chi connectivity index (χ0) is 19.3. The molecule has 7 heteroatoms. The number of piperidine rings is 1. The van der Waals surface area contributed by atoms with Gasteiger partial charge in [0.15, 0.2) is 5.96 Å². The number of benzene rings is 1. The van der Waals surface area contributed by atoms with E-state index in [1.54, 1.807) is 7.11 Å². The van der Waals surface area contributed by atoms with Crippen molar-refractivity contribution in [2.45, 2.75) is 32.7 Å². The highest BCUT2D eigenvalue weighted by atomic mass is 127. The summed E-state index contributed by atoms with van der Waals surface area (Å²) >= 11 is 0. The molecule has 0 radical (unpaired) electrons. The van der Waals surface area contributed by atoms with Crippen molar-refractivity contribution in [3.8, 4) is 5.75 Å². The first-order valence-corrected chi connectivity index (χ1v) is 10.1. The van der Waals surface area contributed by atoms with Crippen LogP contribution in [0.3, 0.4) is 0 Å². The van der Waals surface area contributed by atoms with E-state index >= 15 is 0 Å². The van der Waals surface area contributed by atoms with E-state index in [0.29, 0.717) is 5.92 Å². The van der Waals surface area contributed by atoms with Gasteiger partial charge in [-0.05, 0) is 62.9 Å². The van der Waals surface area contributed by atoms with Crippen molar-refractivity contribution in [2.75, 3.05) is 53.6 Å². The molecule has 1 fully saturated rings. The largest absolute Gasteiger partial charge is 0.497 e. The van der Waals surface area contributed by atoms with Crippen molar-refractivity contribution < 1.29 is 9.47 Å². The van der Waals surface area contributed by atoms with Gasteiger partial charge in [-0.2, -0.15) is 0 Å². The molecular weight excluding hydrogens is 467 g/mol. The molecule has 1 aliphatic heterocycles. The Morgan fingerprint density at radius 1 is 1.18 bits per heavy atom. The van der Waals surface area contributed by atoms with Gasteiger partial charge in [0.05, 0.1) is 7.11 Å². The Labute approximate surface area is 187 Å². The van der Waals surface area contributed by atoms with E-state index in [4.69, 9.17) is 9.47 Å². The molecule has 6 nitrogen and oxygen atoms in total. The molecule has 0 aliphatic carbocycles. The molecule has 2 rings (SSSR count). The van der Waals surface area contributed by atoms with E-state index in [2.05, 4.69) is 32.7 Å². The summed E-state index contributed by atoms with van der Waals surface area (Å²) in [7, 11) is 3.54. The van der Waals surface area contributed by atoms with Crippen molar-refractivity contribution in [1.82, 2.24) is 15.5 Å². The van der Waals surface area contributed by atoms with E-state index in [-0.39, 0.29) is 24.0 Å². The number of likely N-dealkylation sites (tertiary alicyclic amines) is 1. The van der Waals surface area contributed by atoms with Crippen molar-refractivity contribution in [3.63, 3.8) is 0 Å². The number of aliphatic imine (C=N–C) groups is 1. The molecule has 1 aliphatic rings. The van der Waals surface area contributed by atoms with Gasteiger partial charge in [-0.3, -0.25) is 9.89 Å². The maximum Gasteiger partial charge on any atom is 0.190 e. The van der Waals surface area contributed by atoms with Crippen molar-refractivity contribution in [1.29, 1.82) is 0 Å². The van der Waals surface area contributed by atoms with Crippen LogP contribution in [0.4, 0.5) is 0 Å². The SMILES string of the molecule is CCOCCCNC(=NC)NCC1CCN(Cc2ccc(OC)cc2)CC1.I. The molecule has 0 atom stereocenters. The molecule has 160 valence electrons. The zero-order valence-electron chi connectivity index (χ0n) is 17.6. The van der Waals surface area contributed by atoms with Crippen LogP contribution in [0.5, 0.6) is 5.75 Å². The predicted molar refractivity (Wildman–Crippen MR) is 127 cm³/mol. The summed E-state index contributed by atoms with van der Waals surface area (Å²) in [6.45, 7) is 8.81. The monoisotopic (exact) mass is 504 g/mol. The number of halogens is 1. The molecule has 0 bridgehead atoms. The molecule has 1 aromatic rings. The highest BCUT2D eigenvalue weighted by Crippen LogP contribution is 2.19. The first-order chi connectivity index (χ1) is 13.2. The summed E-state index contributed by atoms with van der Waals surface area (Å²) < 4.78 is 10.6. The minimum atomic E-state index is 0. The minimum absolute atomic E-state index is 0. The second kappa shape index (κ2) is 14.9. The van der Waals surface area contributed by atoms with Crippen LogP contribution >= 0.6 is 24.0 Å². The number of methoxy groups -OCH3 is 1. The van der Waals surface area contributed by atoms with Gasteiger partial charge in [-0.1, -0.05) is 12.1 Å². The molecule has 0 unspecified atom stereocenters. The van der Waals surface area contributed by atoms with Crippen LogP contribution < -0.4 is 15.4 Å². The third kappa shape index (κ3) is 9.43. The Morgan fingerprint density at radius 3 is 2.50 bits per heavy atom. The van der Waals surface area contributed by atoms with Crippen LogP contribution in [0, 0.1) is 5.92 Å². The van der Waals surface area contributed by atoms with Crippen LogP contribution in [0.25, 0.3) is 0 Å². The number of rotatable bonds is 10. The molecule has 2 N–H and O–H groups in total. The lowest BCUT2D eigenvalue weighted by molar-refractivity contribution is 0.145. The first-order valence-electron chi connectivity index (χ1n) is 10.1. The van der Waals surface area contributed by atoms with Crippen LogP contribution in [0.15, 0.2) is 29.3 Å². The van der Waals surface area contributed by atoms with Gasteiger partial charge in [0.1, 0.15) is 5.75 Å². The fourth-order valence-corrected chi connectivity index (χ4v) is 3.32. The van der Waals surface area contributed by atoms with Gasteiger partial charge in [0.25, 0.3) is 0 Å². The van der Waals surface area contributed by atoms with E-state index in [1.165, 1.54) is 18.4 Å². The molecule has 1 aromatic carbocycles. The lowest BCUT2D eigenvalue weighted by atomic mass is 9.96. The molecule has 0 spiro atoms. The number of ether oxygens (including phenoxy) is 2. The number of hydrogen-bond acceptors (Lipinski definition) is 4. The van der Waals surface area contributed by atoms with Gasteiger partial charge >= 0.3 is 0 Å². The van der Waals surface area contributed by atoms with Crippen molar-refractivity contribution in [3.05, 3.63) is 29.8 Å². The molecule has 1 saturated heterocycles. The van der Waals surface area contributed by atoms with Gasteiger partial charge in [-0.25, -0.2) is 0 Å². The Balaban J connectivity index is 0.00000392. The molecule has 0 saturated carbocycles. The maximum atomic E-state index is 5.36. The molecule has 28 heavy (non-hydrogen) atoms. The zero-order valence-corrected chi connectivity index (χ0v) is 19.9. The van der Waals surface area contributed by atoms with Gasteiger partial charge in [0.2, 0.25) is 0 Å². The summed E-state index contributed by atoms with van der Waals surface area (Å²) in [6.07, 6.45) is 3.45. The van der Waals surface area contributed by atoms with Crippen LogP contribution in [-0.4, -0.2) is 64.4 Å². The minimum Gasteiger partial charge on any atom is -0.497 e. The third-order valence-corrected chi connectivity index (χ3v) is 5.02. The highest BCUT2D eigenvalue weighted by Gasteiger charge is 2.19. The topological polar surface area (TPSA) is 58.1 Å². The number of guanidine groups is 1. The summed E-state index contributed by atoms with van der Waals surface area (Å²) in [4.78, 5) is 6.85. The van der Waals surface area contributed by atoms with Crippen molar-refractivity contribution >= 4 is 29.9 Å². The summed E-state index contributed by atoms with van der Waals surface area (Å²) in [5.41, 5.74) is 1.35. The van der Waals surface area contributed by atoms with E-state index < -0.39 is 0 Å². The fourth-order valence-electron chi connectivity index (χ4n) is 3.32. The van der Waals surface area contributed by atoms with Crippen LogP contribution in [0.1, 0.15) is 31.7 Å². The van der Waals surface area contributed by atoms with Crippen LogP contribution in [-0.2, 0) is 11.3 Å². The van der Waals surface area contributed by atoms with E-state index in [0.717, 1.165) is 64.1 Å². The average molecular weight is 504 g/mol. The third-order valence-electron chi connectivity index (χ3n) is 5.02. The number of hydrogen-bond donors (Lipinski definition) is 2. The molecule has 0 aromatic heterocycles. The lowest BCUT2D eigenvalue weighted by Gasteiger charge is -2.32. The van der Waals surface area contributed by atoms with E-state index in [9.17, 15) is 0 Å². The van der Waals surface area contributed by atoms with Gasteiger partial charge in [0, 0.05) is 39.9 Å². The Morgan fingerprint density at radius 2 is 1.89 bits per heavy atom. The normalized spacial score (nSPS) is 15.8. The van der Waals surface area contributed by atoms with Crippen LogP contribution in [0.2, 0.25) is 0 Å². The lowest BCUT2D eigenvalue weighted by Crippen LogP contribution is -2.43. The van der Waals surface area contributed by atoms with E-state index in [1.807, 2.05) is 26.1 Å². The second-order valence-electron chi connectivity index (χ2n) is 7.00. The summed E-state index contributed by atoms with van der Waals surface area (Å²) in [5.74, 6) is 2.52. The van der Waals surface area contributed by atoms with Gasteiger partial charge in [-0.15, -0.1) is 24.0 Å². The fraction of sp³-hybridized carbons (Fsp3) is 0.667. The number of nitrogens with one attached hydrogen (secondary N) is 2. The Hall–Kier alpha value is -1.06. The quantitative estimate of drug-likeness (QED) is 0.222. The maximum absolute atomic E-state index is 5.36. The predicted octanol–water partition coefficient (Wildman–Crippen LogP) is 3.12. The first kappa shape index (κ1) is 25.0. The Bertz CT molecular complexity index is 546. The molecular formula is C21H37IN4O2. The molecule has 0 amide bonds. The summed E-state index contributed by atoms with van der Waals surface area (Å²) in [5, 5.41) is 6.83. The second-order valence-corrected chi connectivity index (χ2v) is 7.00. The number of nitrogens with zero attached hydrogens (tertiary/aromatic N) is 2. The smallest absolute Gasteiger partial charge is 0.190 e. The van der Waals surface area contributed by atoms with Gasteiger partial charge < -0.3 is 20.1 Å². The standard InChI is InChI=1S/C21H36N4O2.HI/c1-4-27-15-5-12-23-21(22-2)24-16-18-10-13-25(14-11-18)17-19-6-8-20(26-3)9-7-19;/h6-9,18H,4-5,10-17H2,1-3H3,(H2,22,23,24);1H. The Kier molecular flexibility index (Phi) is 13.3. The van der Waals surface area contributed by atoms with Crippen molar-refractivity contribution in [2.24, 2.45) is 10.9 Å². The summed E-state index contributed by atoms with van der Waals surface area (Å²) in [6, 6.07) is 8.40.